The molecular formula is C20H24NO4+. The van der Waals surface area contributed by atoms with Crippen molar-refractivity contribution in [3.63, 3.8) is 0 Å². The number of rotatable bonds is 7. The number of ketones is 1. The lowest BCUT2D eigenvalue weighted by atomic mass is 10.0. The minimum absolute atomic E-state index is 0.0110. The van der Waals surface area contributed by atoms with E-state index < -0.39 is 6.10 Å². The van der Waals surface area contributed by atoms with E-state index in [9.17, 15) is 9.90 Å². The third-order valence-corrected chi connectivity index (χ3v) is 4.32. The molecule has 0 unspecified atom stereocenters. The van der Waals surface area contributed by atoms with Crippen molar-refractivity contribution in [1.29, 1.82) is 0 Å². The van der Waals surface area contributed by atoms with Gasteiger partial charge in [-0.15, -0.1) is 0 Å². The van der Waals surface area contributed by atoms with Gasteiger partial charge in [-0.05, 0) is 24.3 Å². The molecule has 5 nitrogen and oxygen atoms in total. The van der Waals surface area contributed by atoms with Gasteiger partial charge in [0.25, 0.3) is 0 Å². The third kappa shape index (κ3) is 5.13. The zero-order chi connectivity index (χ0) is 17.5. The zero-order valence-corrected chi connectivity index (χ0v) is 14.2. The monoisotopic (exact) mass is 342 g/mol. The number of nitrogens with one attached hydrogen (secondary N) is 1. The van der Waals surface area contributed by atoms with Crippen molar-refractivity contribution >= 4 is 5.78 Å². The Morgan fingerprint density at radius 2 is 1.68 bits per heavy atom. The Morgan fingerprint density at radius 3 is 2.36 bits per heavy atom. The third-order valence-electron chi connectivity index (χ3n) is 4.32. The van der Waals surface area contributed by atoms with E-state index in [0.29, 0.717) is 23.4 Å². The van der Waals surface area contributed by atoms with Gasteiger partial charge in [-0.2, -0.15) is 0 Å². The molecule has 1 aliphatic rings. The largest absolute Gasteiger partial charge is 0.491 e. The van der Waals surface area contributed by atoms with Crippen LogP contribution in [0.5, 0.6) is 5.75 Å². The van der Waals surface area contributed by atoms with Crippen LogP contribution >= 0.6 is 0 Å². The Kier molecular flexibility index (Phi) is 6.17. The van der Waals surface area contributed by atoms with Gasteiger partial charge >= 0.3 is 0 Å². The van der Waals surface area contributed by atoms with E-state index in [1.807, 2.05) is 18.2 Å². The van der Waals surface area contributed by atoms with E-state index in [0.717, 1.165) is 26.3 Å². The first-order valence-electron chi connectivity index (χ1n) is 8.64. The summed E-state index contributed by atoms with van der Waals surface area (Å²) in [4.78, 5) is 13.7. The van der Waals surface area contributed by atoms with Crippen molar-refractivity contribution in [3.05, 3.63) is 65.7 Å². The van der Waals surface area contributed by atoms with Crippen LogP contribution in [-0.4, -0.2) is 56.4 Å². The smallest absolute Gasteiger partial charge is 0.193 e. The number of morpholine rings is 1. The molecule has 1 heterocycles. The highest BCUT2D eigenvalue weighted by Crippen LogP contribution is 2.15. The number of aliphatic hydroxyl groups is 1. The van der Waals surface area contributed by atoms with Gasteiger partial charge in [-0.25, -0.2) is 0 Å². The fraction of sp³-hybridized carbons (Fsp3) is 0.350. The Hall–Kier alpha value is -2.21. The molecule has 132 valence electrons. The van der Waals surface area contributed by atoms with Crippen molar-refractivity contribution < 1.29 is 24.3 Å². The van der Waals surface area contributed by atoms with Crippen molar-refractivity contribution in [2.45, 2.75) is 6.10 Å². The topological polar surface area (TPSA) is 60.2 Å². The molecule has 0 radical (unpaired) electrons. The summed E-state index contributed by atoms with van der Waals surface area (Å²) in [5.41, 5.74) is 1.29. The highest BCUT2D eigenvalue weighted by Gasteiger charge is 2.18. The summed E-state index contributed by atoms with van der Waals surface area (Å²) in [7, 11) is 0. The van der Waals surface area contributed by atoms with E-state index >= 15 is 0 Å². The standard InChI is InChI=1S/C20H23NO4/c22-18(14-21-10-12-24-13-11-21)15-25-19-8-6-17(7-9-19)20(23)16-4-2-1-3-5-16/h1-9,18,22H,10-15H2/p+1/t18-/m0/s1. The lowest BCUT2D eigenvalue weighted by Crippen LogP contribution is -3.15. The minimum Gasteiger partial charge on any atom is -0.491 e. The highest BCUT2D eigenvalue weighted by molar-refractivity contribution is 6.08. The molecule has 0 amide bonds. The second-order valence-electron chi connectivity index (χ2n) is 6.25. The van der Waals surface area contributed by atoms with E-state index in [1.54, 1.807) is 36.4 Å². The minimum atomic E-state index is -0.515. The van der Waals surface area contributed by atoms with Crippen molar-refractivity contribution in [1.82, 2.24) is 0 Å². The molecule has 0 saturated carbocycles. The first-order chi connectivity index (χ1) is 12.2. The molecule has 0 aromatic heterocycles. The van der Waals surface area contributed by atoms with Crippen molar-refractivity contribution in [2.75, 3.05) is 39.5 Å². The van der Waals surface area contributed by atoms with Gasteiger partial charge in [0, 0.05) is 11.1 Å². The first-order valence-corrected chi connectivity index (χ1v) is 8.64. The van der Waals surface area contributed by atoms with Gasteiger partial charge in [0.15, 0.2) is 5.78 Å². The number of benzene rings is 2. The maximum Gasteiger partial charge on any atom is 0.193 e. The van der Waals surface area contributed by atoms with Gasteiger partial charge in [-0.3, -0.25) is 4.79 Å². The molecule has 2 aromatic rings. The number of aliphatic hydroxyl groups excluding tert-OH is 1. The predicted molar refractivity (Wildman–Crippen MR) is 94.2 cm³/mol. The second-order valence-corrected chi connectivity index (χ2v) is 6.25. The average molecular weight is 342 g/mol. The van der Waals surface area contributed by atoms with E-state index in [2.05, 4.69) is 0 Å². The predicted octanol–water partition coefficient (Wildman–Crippen LogP) is 0.572. The maximum atomic E-state index is 12.4. The summed E-state index contributed by atoms with van der Waals surface area (Å²) >= 11 is 0. The first kappa shape index (κ1) is 17.6. The van der Waals surface area contributed by atoms with Crippen molar-refractivity contribution in [2.24, 2.45) is 0 Å². The average Bonchev–Trinajstić information content (AvgIpc) is 2.68. The quantitative estimate of drug-likeness (QED) is 0.723. The van der Waals surface area contributed by atoms with E-state index in [-0.39, 0.29) is 12.4 Å². The van der Waals surface area contributed by atoms with E-state index in [4.69, 9.17) is 9.47 Å². The van der Waals surface area contributed by atoms with Crippen LogP contribution < -0.4 is 9.64 Å². The van der Waals surface area contributed by atoms with Crippen LogP contribution in [0.1, 0.15) is 15.9 Å². The van der Waals surface area contributed by atoms with Gasteiger partial charge in [0.05, 0.1) is 13.2 Å². The fourth-order valence-corrected chi connectivity index (χ4v) is 2.91. The molecule has 25 heavy (non-hydrogen) atoms. The number of hydrogen-bond acceptors (Lipinski definition) is 4. The molecule has 0 spiro atoms. The molecule has 2 N–H and O–H groups in total. The number of hydrogen-bond donors (Lipinski definition) is 2. The summed E-state index contributed by atoms with van der Waals surface area (Å²) in [5.74, 6) is 0.642. The molecule has 2 aromatic carbocycles. The van der Waals surface area contributed by atoms with Gasteiger partial charge in [0.2, 0.25) is 0 Å². The summed E-state index contributed by atoms with van der Waals surface area (Å²) in [6.07, 6.45) is -0.515. The summed E-state index contributed by atoms with van der Waals surface area (Å²) in [6, 6.07) is 16.2. The lowest BCUT2D eigenvalue weighted by Gasteiger charge is -2.25. The normalized spacial score (nSPS) is 16.4. The van der Waals surface area contributed by atoms with Gasteiger partial charge in [0.1, 0.15) is 38.1 Å². The van der Waals surface area contributed by atoms with Gasteiger partial charge in [-0.1, -0.05) is 30.3 Å². The van der Waals surface area contributed by atoms with Gasteiger partial charge < -0.3 is 19.5 Å². The van der Waals surface area contributed by atoms with E-state index in [1.165, 1.54) is 4.90 Å². The number of quaternary nitrogens is 1. The van der Waals surface area contributed by atoms with Crippen molar-refractivity contribution in [3.8, 4) is 5.75 Å². The number of carbonyl (C=O) groups is 1. The Morgan fingerprint density at radius 1 is 1.04 bits per heavy atom. The lowest BCUT2D eigenvalue weighted by molar-refractivity contribution is -0.911. The second kappa shape index (κ2) is 8.76. The molecule has 1 saturated heterocycles. The van der Waals surface area contributed by atoms with Crippen LogP contribution in [0.15, 0.2) is 54.6 Å². The fourth-order valence-electron chi connectivity index (χ4n) is 2.91. The summed E-state index contributed by atoms with van der Waals surface area (Å²) < 4.78 is 11.0. The maximum absolute atomic E-state index is 12.4. The van der Waals surface area contributed by atoms with Crippen LogP contribution in [0.4, 0.5) is 0 Å². The number of carbonyl (C=O) groups excluding carboxylic acids is 1. The molecule has 5 heteroatoms. The molecular weight excluding hydrogens is 318 g/mol. The molecule has 0 aliphatic carbocycles. The zero-order valence-electron chi connectivity index (χ0n) is 14.2. The highest BCUT2D eigenvalue weighted by atomic mass is 16.5. The molecule has 0 bridgehead atoms. The molecule has 3 rings (SSSR count). The molecule has 1 atom stereocenters. The Balaban J connectivity index is 1.49. The van der Waals surface area contributed by atoms with Crippen LogP contribution in [-0.2, 0) is 4.74 Å². The van der Waals surface area contributed by atoms with Crippen LogP contribution in [0, 0.1) is 0 Å². The van der Waals surface area contributed by atoms with Crippen LogP contribution in [0.25, 0.3) is 0 Å². The Labute approximate surface area is 147 Å². The number of ether oxygens (including phenoxy) is 2. The SMILES string of the molecule is O=C(c1ccccc1)c1ccc(OC[C@@H](O)C[NH+]2CCOCC2)cc1. The molecule has 1 aliphatic heterocycles. The summed E-state index contributed by atoms with van der Waals surface area (Å²) in [6.45, 7) is 4.25. The van der Waals surface area contributed by atoms with Crippen LogP contribution in [0.2, 0.25) is 0 Å². The molecule has 1 fully saturated rings. The van der Waals surface area contributed by atoms with Crippen LogP contribution in [0.3, 0.4) is 0 Å². The summed E-state index contributed by atoms with van der Waals surface area (Å²) in [5, 5.41) is 10.1. The Bertz CT molecular complexity index is 666.